The van der Waals surface area contributed by atoms with Gasteiger partial charge in [-0.25, -0.2) is 9.79 Å². The van der Waals surface area contributed by atoms with Crippen LogP contribution >= 0.6 is 0 Å². The third-order valence-corrected chi connectivity index (χ3v) is 2.21. The van der Waals surface area contributed by atoms with Gasteiger partial charge in [-0.1, -0.05) is 0 Å². The van der Waals surface area contributed by atoms with Crippen LogP contribution in [0.1, 0.15) is 10.4 Å². The first-order chi connectivity index (χ1) is 9.15. The first-order valence-electron chi connectivity index (χ1n) is 5.47. The van der Waals surface area contributed by atoms with E-state index < -0.39 is 5.97 Å². The first-order valence-corrected chi connectivity index (χ1v) is 5.47. The number of carbonyl (C=O) groups excluding carboxylic acids is 1. The van der Waals surface area contributed by atoms with Crippen LogP contribution in [0.2, 0.25) is 0 Å². The molecule has 0 atom stereocenters. The molecular weight excluding hydrogens is 244 g/mol. The summed E-state index contributed by atoms with van der Waals surface area (Å²) >= 11 is 0. The van der Waals surface area contributed by atoms with Crippen LogP contribution in [0.4, 0.5) is 5.69 Å². The van der Waals surface area contributed by atoms with E-state index in [1.807, 2.05) is 0 Å². The van der Waals surface area contributed by atoms with Crippen molar-refractivity contribution in [2.75, 3.05) is 0 Å². The molecule has 2 rings (SSSR count). The van der Waals surface area contributed by atoms with Crippen LogP contribution in [0.3, 0.4) is 0 Å². The lowest BCUT2D eigenvalue weighted by Gasteiger charge is -2.03. The number of benzene rings is 1. The van der Waals surface area contributed by atoms with Crippen LogP contribution in [-0.2, 0) is 0 Å². The number of aromatic nitrogens is 1. The van der Waals surface area contributed by atoms with Crippen molar-refractivity contribution in [3.8, 4) is 5.75 Å². The fourth-order valence-corrected chi connectivity index (χ4v) is 1.39. The molecule has 2 aromatic rings. The molecule has 0 radical (unpaired) electrons. The molecule has 0 saturated carbocycles. The van der Waals surface area contributed by atoms with Crippen LogP contribution in [-0.4, -0.2) is 16.9 Å². The van der Waals surface area contributed by atoms with E-state index in [0.717, 1.165) is 0 Å². The van der Waals surface area contributed by atoms with Gasteiger partial charge in [-0.05, 0) is 36.4 Å². The predicted octanol–water partition coefficient (Wildman–Crippen LogP) is 1.21. The molecule has 0 unspecified atom stereocenters. The third kappa shape index (κ3) is 3.53. The molecular formula is C13H12N4O2. The monoisotopic (exact) mass is 256 g/mol. The van der Waals surface area contributed by atoms with Crippen molar-refractivity contribution in [1.29, 1.82) is 0 Å². The molecule has 1 aromatic carbocycles. The van der Waals surface area contributed by atoms with Gasteiger partial charge in [0.05, 0.1) is 17.4 Å². The number of guanidine groups is 1. The second kappa shape index (κ2) is 5.63. The number of pyridine rings is 1. The number of nitrogens with two attached hydrogens (primary N) is 2. The van der Waals surface area contributed by atoms with E-state index in [-0.39, 0.29) is 5.96 Å². The van der Waals surface area contributed by atoms with E-state index in [4.69, 9.17) is 16.2 Å². The number of carbonyl (C=O) groups is 1. The van der Waals surface area contributed by atoms with E-state index in [1.54, 1.807) is 42.6 Å². The minimum atomic E-state index is -0.468. The van der Waals surface area contributed by atoms with E-state index >= 15 is 0 Å². The van der Waals surface area contributed by atoms with E-state index in [2.05, 4.69) is 9.98 Å². The molecule has 0 aliphatic carbocycles. The molecule has 0 amide bonds. The molecule has 6 nitrogen and oxygen atoms in total. The van der Waals surface area contributed by atoms with Crippen molar-refractivity contribution < 1.29 is 9.53 Å². The Hall–Kier alpha value is -2.89. The van der Waals surface area contributed by atoms with Crippen molar-refractivity contribution in [2.24, 2.45) is 16.5 Å². The Labute approximate surface area is 109 Å². The maximum Gasteiger partial charge on any atom is 0.343 e. The Kier molecular flexibility index (Phi) is 3.72. The Morgan fingerprint density at radius 1 is 1.16 bits per heavy atom. The van der Waals surface area contributed by atoms with Crippen molar-refractivity contribution in [3.63, 3.8) is 0 Å². The smallest absolute Gasteiger partial charge is 0.343 e. The Bertz CT molecular complexity index is 590. The Balaban J connectivity index is 2.10. The van der Waals surface area contributed by atoms with Crippen LogP contribution in [0.5, 0.6) is 5.75 Å². The average molecular weight is 256 g/mol. The van der Waals surface area contributed by atoms with Gasteiger partial charge in [-0.15, -0.1) is 0 Å². The fraction of sp³-hybridized carbons (Fsp3) is 0. The maximum atomic E-state index is 11.8. The molecule has 0 spiro atoms. The number of nitrogens with zero attached hydrogens (tertiary/aromatic N) is 2. The first kappa shape index (κ1) is 12.6. The lowest BCUT2D eigenvalue weighted by atomic mass is 10.2. The summed E-state index contributed by atoms with van der Waals surface area (Å²) in [4.78, 5) is 19.5. The van der Waals surface area contributed by atoms with Gasteiger partial charge in [0, 0.05) is 6.20 Å². The Morgan fingerprint density at radius 3 is 2.47 bits per heavy atom. The quantitative estimate of drug-likeness (QED) is 0.488. The lowest BCUT2D eigenvalue weighted by molar-refractivity contribution is 0.0734. The summed E-state index contributed by atoms with van der Waals surface area (Å²) in [5.74, 6) is -0.115. The van der Waals surface area contributed by atoms with Crippen LogP contribution in [0.15, 0.2) is 53.8 Å². The standard InChI is InChI=1S/C13H12N4O2/c14-13(15)17-10-5-3-9(4-6-10)12(18)19-11-2-1-7-16-8-11/h1-8H,(H4,14,15,17). The molecule has 6 heteroatoms. The minimum Gasteiger partial charge on any atom is -0.421 e. The normalized spacial score (nSPS) is 9.68. The number of aliphatic imine (C=N–C) groups is 1. The highest BCUT2D eigenvalue weighted by Gasteiger charge is 2.08. The molecule has 0 bridgehead atoms. The summed E-state index contributed by atoms with van der Waals surface area (Å²) in [6, 6.07) is 9.75. The summed E-state index contributed by atoms with van der Waals surface area (Å²) in [5.41, 5.74) is 11.5. The van der Waals surface area contributed by atoms with Crippen molar-refractivity contribution in [3.05, 3.63) is 54.4 Å². The molecule has 0 fully saturated rings. The number of ether oxygens (including phenoxy) is 1. The second-order valence-corrected chi connectivity index (χ2v) is 3.66. The predicted molar refractivity (Wildman–Crippen MR) is 71.1 cm³/mol. The fourth-order valence-electron chi connectivity index (χ4n) is 1.39. The zero-order valence-electron chi connectivity index (χ0n) is 9.98. The summed E-state index contributed by atoms with van der Waals surface area (Å²) in [6.07, 6.45) is 3.06. The third-order valence-electron chi connectivity index (χ3n) is 2.21. The number of hydrogen-bond acceptors (Lipinski definition) is 4. The van der Waals surface area contributed by atoms with Crippen molar-refractivity contribution >= 4 is 17.6 Å². The van der Waals surface area contributed by atoms with Crippen LogP contribution in [0.25, 0.3) is 0 Å². The molecule has 19 heavy (non-hydrogen) atoms. The number of esters is 1. The van der Waals surface area contributed by atoms with E-state index in [1.165, 1.54) is 6.20 Å². The molecule has 0 saturated heterocycles. The zero-order chi connectivity index (χ0) is 13.7. The largest absolute Gasteiger partial charge is 0.421 e. The van der Waals surface area contributed by atoms with E-state index in [0.29, 0.717) is 17.0 Å². The molecule has 0 aliphatic heterocycles. The van der Waals surface area contributed by atoms with Crippen LogP contribution < -0.4 is 16.2 Å². The highest BCUT2D eigenvalue weighted by atomic mass is 16.5. The summed E-state index contributed by atoms with van der Waals surface area (Å²) in [5, 5.41) is 0. The van der Waals surface area contributed by atoms with Crippen LogP contribution in [0, 0.1) is 0 Å². The highest BCUT2D eigenvalue weighted by Crippen LogP contribution is 2.15. The molecule has 0 aliphatic rings. The van der Waals surface area contributed by atoms with Crippen molar-refractivity contribution in [2.45, 2.75) is 0 Å². The number of hydrogen-bond donors (Lipinski definition) is 2. The van der Waals surface area contributed by atoms with Gasteiger partial charge >= 0.3 is 5.97 Å². The lowest BCUT2D eigenvalue weighted by Crippen LogP contribution is -2.21. The average Bonchev–Trinajstić information content (AvgIpc) is 2.40. The molecule has 96 valence electrons. The maximum absolute atomic E-state index is 11.8. The van der Waals surface area contributed by atoms with Gasteiger partial charge in [-0.2, -0.15) is 0 Å². The second-order valence-electron chi connectivity index (χ2n) is 3.66. The number of rotatable bonds is 3. The highest BCUT2D eigenvalue weighted by molar-refractivity contribution is 5.91. The van der Waals surface area contributed by atoms with Gasteiger partial charge in [0.2, 0.25) is 0 Å². The van der Waals surface area contributed by atoms with Gasteiger partial charge in [0.15, 0.2) is 5.96 Å². The molecule has 1 heterocycles. The van der Waals surface area contributed by atoms with Gasteiger partial charge in [0.25, 0.3) is 0 Å². The zero-order valence-corrected chi connectivity index (χ0v) is 9.98. The van der Waals surface area contributed by atoms with Gasteiger partial charge in [-0.3, -0.25) is 4.98 Å². The minimum absolute atomic E-state index is 0.0364. The molecule has 1 aromatic heterocycles. The Morgan fingerprint density at radius 2 is 1.89 bits per heavy atom. The molecule has 4 N–H and O–H groups in total. The van der Waals surface area contributed by atoms with E-state index in [9.17, 15) is 4.79 Å². The van der Waals surface area contributed by atoms with Crippen molar-refractivity contribution in [1.82, 2.24) is 4.98 Å². The topological polar surface area (TPSA) is 104 Å². The SMILES string of the molecule is NC(N)=Nc1ccc(C(=O)Oc2cccnc2)cc1. The summed E-state index contributed by atoms with van der Waals surface area (Å²) < 4.78 is 5.13. The summed E-state index contributed by atoms with van der Waals surface area (Å²) in [7, 11) is 0. The summed E-state index contributed by atoms with van der Waals surface area (Å²) in [6.45, 7) is 0. The van der Waals surface area contributed by atoms with Gasteiger partial charge in [0.1, 0.15) is 5.75 Å². The van der Waals surface area contributed by atoms with Gasteiger partial charge < -0.3 is 16.2 Å².